The van der Waals surface area contributed by atoms with Crippen LogP contribution >= 0.6 is 11.6 Å². The zero-order valence-electron chi connectivity index (χ0n) is 21.4. The second-order valence-corrected chi connectivity index (χ2v) is 10.3. The molecule has 0 amide bonds. The highest BCUT2D eigenvalue weighted by Crippen LogP contribution is 2.41. The molecule has 0 radical (unpaired) electrons. The number of aliphatic carboxylic acids is 1. The summed E-state index contributed by atoms with van der Waals surface area (Å²) in [5.41, 5.74) is 4.53. The molecule has 1 N–H and O–H groups in total. The third kappa shape index (κ3) is 6.55. The fourth-order valence-electron chi connectivity index (χ4n) is 5.29. The van der Waals surface area contributed by atoms with Gasteiger partial charge in [0.15, 0.2) is 0 Å². The van der Waals surface area contributed by atoms with Crippen LogP contribution in [0.1, 0.15) is 54.7 Å². The summed E-state index contributed by atoms with van der Waals surface area (Å²) in [5, 5.41) is 9.72. The molecular formula is C31H33ClN2O4. The lowest BCUT2D eigenvalue weighted by molar-refractivity contribution is -0.137. The first-order chi connectivity index (χ1) is 18.6. The molecule has 0 bridgehead atoms. The van der Waals surface area contributed by atoms with Crippen molar-refractivity contribution in [1.82, 2.24) is 9.88 Å². The molecule has 3 heterocycles. The van der Waals surface area contributed by atoms with Crippen LogP contribution in [0.25, 0.3) is 5.57 Å². The second-order valence-electron chi connectivity index (χ2n) is 9.90. The Bertz CT molecular complexity index is 1280. The number of carboxylic acids is 1. The maximum absolute atomic E-state index is 10.9. The summed E-state index contributed by atoms with van der Waals surface area (Å²) in [6, 6.07) is 18.1. The molecule has 1 aromatic heterocycles. The number of benzene rings is 2. The maximum Gasteiger partial charge on any atom is 0.303 e. The van der Waals surface area contributed by atoms with Crippen LogP contribution in [0.2, 0.25) is 5.02 Å². The highest BCUT2D eigenvalue weighted by molar-refractivity contribution is 6.30. The standard InChI is InChI=1S/C31H33ClN2O4/c32-25-12-10-22(11-13-25)23-14-18-34(19-15-23)17-3-5-24-21-27-28(37-20-4-9-30(35)36)7-1-8-29(27)38-31-26(24)6-2-16-33-31/h1-2,5-8,10-13,16,23H,3-4,9,14-15,17-21H2,(H,35,36). The van der Waals surface area contributed by atoms with Gasteiger partial charge in [-0.05, 0) is 92.2 Å². The summed E-state index contributed by atoms with van der Waals surface area (Å²) >= 11 is 6.06. The van der Waals surface area contributed by atoms with Crippen molar-refractivity contribution in [2.45, 2.75) is 44.4 Å². The molecule has 2 aromatic carbocycles. The molecule has 0 aliphatic carbocycles. The van der Waals surface area contributed by atoms with E-state index in [1.807, 2.05) is 36.4 Å². The number of rotatable bonds is 9. The average molecular weight is 533 g/mol. The minimum Gasteiger partial charge on any atom is -0.493 e. The van der Waals surface area contributed by atoms with Gasteiger partial charge in [-0.15, -0.1) is 0 Å². The van der Waals surface area contributed by atoms with Gasteiger partial charge in [-0.3, -0.25) is 4.79 Å². The van der Waals surface area contributed by atoms with Gasteiger partial charge >= 0.3 is 5.97 Å². The molecule has 0 unspecified atom stereocenters. The van der Waals surface area contributed by atoms with Crippen molar-refractivity contribution >= 4 is 23.1 Å². The third-order valence-corrected chi connectivity index (χ3v) is 7.59. The van der Waals surface area contributed by atoms with Gasteiger partial charge in [-0.25, -0.2) is 4.98 Å². The number of carboxylic acid groups (broad SMARTS) is 1. The number of nitrogens with zero attached hydrogens (tertiary/aromatic N) is 2. The normalized spacial score (nSPS) is 16.8. The van der Waals surface area contributed by atoms with Gasteiger partial charge in [0.2, 0.25) is 5.88 Å². The van der Waals surface area contributed by atoms with Gasteiger partial charge in [-0.2, -0.15) is 0 Å². The van der Waals surface area contributed by atoms with Crippen LogP contribution in [0.3, 0.4) is 0 Å². The molecule has 1 saturated heterocycles. The lowest BCUT2D eigenvalue weighted by Crippen LogP contribution is -2.33. The van der Waals surface area contributed by atoms with Crippen LogP contribution in [-0.2, 0) is 11.2 Å². The molecule has 2 aliphatic heterocycles. The zero-order valence-corrected chi connectivity index (χ0v) is 22.2. The third-order valence-electron chi connectivity index (χ3n) is 7.34. The number of carbonyl (C=O) groups is 1. The van der Waals surface area contributed by atoms with Gasteiger partial charge < -0.3 is 19.5 Å². The van der Waals surface area contributed by atoms with E-state index in [1.165, 1.54) is 11.1 Å². The molecule has 198 valence electrons. The molecule has 0 atom stereocenters. The monoisotopic (exact) mass is 532 g/mol. The molecule has 5 rings (SSSR count). The summed E-state index contributed by atoms with van der Waals surface area (Å²) in [5.74, 6) is 1.85. The zero-order chi connectivity index (χ0) is 26.3. The van der Waals surface area contributed by atoms with Crippen LogP contribution < -0.4 is 9.47 Å². The number of allylic oxidation sites excluding steroid dienone is 1. The average Bonchev–Trinajstić information content (AvgIpc) is 3.09. The Morgan fingerprint density at radius 3 is 2.74 bits per heavy atom. The van der Waals surface area contributed by atoms with Gasteiger partial charge in [0, 0.05) is 41.7 Å². The van der Waals surface area contributed by atoms with E-state index in [0.29, 0.717) is 31.2 Å². The first-order valence-electron chi connectivity index (χ1n) is 13.3. The van der Waals surface area contributed by atoms with E-state index in [9.17, 15) is 4.79 Å². The fourth-order valence-corrected chi connectivity index (χ4v) is 5.42. The first-order valence-corrected chi connectivity index (χ1v) is 13.7. The highest BCUT2D eigenvalue weighted by atomic mass is 35.5. The van der Waals surface area contributed by atoms with Crippen LogP contribution in [-0.4, -0.2) is 47.2 Å². The van der Waals surface area contributed by atoms with Crippen molar-refractivity contribution in [3.05, 3.63) is 88.6 Å². The number of aromatic nitrogens is 1. The van der Waals surface area contributed by atoms with Gasteiger partial charge in [-0.1, -0.05) is 35.9 Å². The number of likely N-dealkylation sites (tertiary alicyclic amines) is 1. The van der Waals surface area contributed by atoms with Gasteiger partial charge in [0.05, 0.1) is 6.61 Å². The van der Waals surface area contributed by atoms with Crippen molar-refractivity contribution in [3.8, 4) is 17.4 Å². The molecular weight excluding hydrogens is 500 g/mol. The summed E-state index contributed by atoms with van der Waals surface area (Å²) in [4.78, 5) is 17.9. The predicted molar refractivity (Wildman–Crippen MR) is 149 cm³/mol. The predicted octanol–water partition coefficient (Wildman–Crippen LogP) is 6.98. The Kier molecular flexibility index (Phi) is 8.61. The number of fused-ring (bicyclic) bond motifs is 2. The lowest BCUT2D eigenvalue weighted by atomic mass is 9.89. The Morgan fingerprint density at radius 2 is 1.95 bits per heavy atom. The largest absolute Gasteiger partial charge is 0.493 e. The van der Waals surface area contributed by atoms with E-state index in [0.717, 1.165) is 66.5 Å². The Balaban J connectivity index is 1.25. The molecule has 7 heteroatoms. The highest BCUT2D eigenvalue weighted by Gasteiger charge is 2.23. The quantitative estimate of drug-likeness (QED) is 0.300. The topological polar surface area (TPSA) is 71.9 Å². The van der Waals surface area contributed by atoms with Crippen LogP contribution in [0, 0.1) is 0 Å². The summed E-state index contributed by atoms with van der Waals surface area (Å²) < 4.78 is 12.2. The van der Waals surface area contributed by atoms with Gasteiger partial charge in [0.25, 0.3) is 0 Å². The number of ether oxygens (including phenoxy) is 2. The maximum atomic E-state index is 10.9. The minimum atomic E-state index is -0.815. The van der Waals surface area contributed by atoms with E-state index in [4.69, 9.17) is 26.2 Å². The summed E-state index contributed by atoms with van der Waals surface area (Å²) in [6.07, 6.45) is 8.53. The van der Waals surface area contributed by atoms with Crippen LogP contribution in [0.5, 0.6) is 17.4 Å². The number of piperidine rings is 1. The molecule has 38 heavy (non-hydrogen) atoms. The first kappa shape index (κ1) is 26.3. The second kappa shape index (κ2) is 12.5. The number of hydrogen-bond donors (Lipinski definition) is 1. The van der Waals surface area contributed by atoms with E-state index in [2.05, 4.69) is 34.2 Å². The minimum absolute atomic E-state index is 0.0863. The molecule has 6 nitrogen and oxygen atoms in total. The SMILES string of the molecule is O=C(O)CCCOc1cccc2c1CC(=CCCN1CCC(c3ccc(Cl)cc3)CC1)c1cccnc1O2. The Hall–Kier alpha value is -3.35. The van der Waals surface area contributed by atoms with E-state index in [1.54, 1.807) is 6.20 Å². The molecule has 0 spiro atoms. The van der Waals surface area contributed by atoms with Crippen LogP contribution in [0.4, 0.5) is 0 Å². The van der Waals surface area contributed by atoms with Crippen molar-refractivity contribution in [2.24, 2.45) is 0 Å². The van der Waals surface area contributed by atoms with Crippen molar-refractivity contribution in [1.29, 1.82) is 0 Å². The number of hydrogen-bond acceptors (Lipinski definition) is 5. The van der Waals surface area contributed by atoms with Crippen molar-refractivity contribution < 1.29 is 19.4 Å². The molecule has 1 fully saturated rings. The van der Waals surface area contributed by atoms with Crippen molar-refractivity contribution in [3.63, 3.8) is 0 Å². The van der Waals surface area contributed by atoms with Crippen LogP contribution in [0.15, 0.2) is 66.9 Å². The Labute approximate surface area is 228 Å². The lowest BCUT2D eigenvalue weighted by Gasteiger charge is -2.32. The number of pyridine rings is 1. The van der Waals surface area contributed by atoms with E-state index < -0.39 is 5.97 Å². The molecule has 2 aliphatic rings. The van der Waals surface area contributed by atoms with E-state index >= 15 is 0 Å². The van der Waals surface area contributed by atoms with Crippen molar-refractivity contribution in [2.75, 3.05) is 26.2 Å². The molecule has 0 saturated carbocycles. The summed E-state index contributed by atoms with van der Waals surface area (Å²) in [7, 11) is 0. The summed E-state index contributed by atoms with van der Waals surface area (Å²) in [6.45, 7) is 3.54. The smallest absolute Gasteiger partial charge is 0.303 e. The fraction of sp³-hybridized carbons (Fsp3) is 0.355. The number of halogens is 1. The van der Waals surface area contributed by atoms with Gasteiger partial charge in [0.1, 0.15) is 11.5 Å². The Morgan fingerprint density at radius 1 is 1.13 bits per heavy atom. The van der Waals surface area contributed by atoms with E-state index in [-0.39, 0.29) is 6.42 Å². The molecule has 3 aromatic rings.